The number of hydrogen-bond acceptors (Lipinski definition) is 4. The van der Waals surface area contributed by atoms with Crippen LogP contribution in [0.2, 0.25) is 18.1 Å². The molecule has 203 valence electrons. The van der Waals surface area contributed by atoms with E-state index in [2.05, 4.69) is 45.0 Å². The Morgan fingerprint density at radius 3 is 2.45 bits per heavy atom. The van der Waals surface area contributed by atoms with Gasteiger partial charge in [0.2, 0.25) is 0 Å². The maximum absolute atomic E-state index is 13.7. The van der Waals surface area contributed by atoms with Crippen LogP contribution in [0.15, 0.2) is 71.3 Å². The highest BCUT2D eigenvalue weighted by Crippen LogP contribution is 2.51. The molecular weight excluding hydrogens is 515 g/mol. The Bertz CT molecular complexity index is 1460. The predicted molar refractivity (Wildman–Crippen MR) is 152 cm³/mol. The normalized spacial score (nSPS) is 21.9. The van der Waals surface area contributed by atoms with Crippen molar-refractivity contribution in [2.45, 2.75) is 74.7 Å². The molecule has 8 heteroatoms. The number of sulfone groups is 1. The highest BCUT2D eigenvalue weighted by atomic mass is 32.2. The van der Waals surface area contributed by atoms with E-state index in [9.17, 15) is 12.8 Å². The Morgan fingerprint density at radius 2 is 1.79 bits per heavy atom. The van der Waals surface area contributed by atoms with Crippen molar-refractivity contribution >= 4 is 24.2 Å². The number of halogens is 1. The number of rotatable bonds is 6. The van der Waals surface area contributed by atoms with E-state index in [1.807, 2.05) is 16.9 Å². The molecule has 38 heavy (non-hydrogen) atoms. The monoisotopic (exact) mass is 552 g/mol. The van der Waals surface area contributed by atoms with E-state index >= 15 is 0 Å². The molecule has 5 rings (SSSR count). The first-order valence-corrected chi connectivity index (χ1v) is 17.7. The van der Waals surface area contributed by atoms with E-state index in [0.717, 1.165) is 16.9 Å². The molecule has 0 spiro atoms. The molecule has 0 aliphatic heterocycles. The topological polar surface area (TPSA) is 61.2 Å². The third kappa shape index (κ3) is 4.82. The molecule has 0 saturated heterocycles. The van der Waals surface area contributed by atoms with Crippen molar-refractivity contribution in [1.29, 1.82) is 0 Å². The van der Waals surface area contributed by atoms with E-state index in [1.165, 1.54) is 17.7 Å². The molecule has 1 saturated carbocycles. The second-order valence-corrected chi connectivity index (χ2v) is 19.4. The highest BCUT2D eigenvalue weighted by Gasteiger charge is 2.47. The van der Waals surface area contributed by atoms with Gasteiger partial charge < -0.3 is 4.43 Å². The van der Waals surface area contributed by atoms with Gasteiger partial charge in [-0.2, -0.15) is 5.10 Å². The van der Waals surface area contributed by atoms with Crippen molar-refractivity contribution in [3.8, 4) is 5.69 Å². The first-order valence-electron chi connectivity index (χ1n) is 13.3. The van der Waals surface area contributed by atoms with Gasteiger partial charge in [0.25, 0.3) is 0 Å². The second kappa shape index (κ2) is 9.57. The minimum absolute atomic E-state index is 0.0466. The summed E-state index contributed by atoms with van der Waals surface area (Å²) in [6, 6.07) is 15.2. The molecule has 0 amide bonds. The lowest BCUT2D eigenvalue weighted by Crippen LogP contribution is -2.48. The molecule has 2 aliphatic carbocycles. The molecule has 2 atom stereocenters. The molecule has 0 N–H and O–H groups in total. The summed E-state index contributed by atoms with van der Waals surface area (Å²) in [4.78, 5) is 0.388. The fourth-order valence-corrected chi connectivity index (χ4v) is 8.42. The fourth-order valence-electron chi connectivity index (χ4n) is 5.47. The smallest absolute Gasteiger partial charge is 0.181 e. The summed E-state index contributed by atoms with van der Waals surface area (Å²) in [5, 5.41) is 4.22. The average Bonchev–Trinajstić information content (AvgIpc) is 3.28. The number of nitrogens with zero attached hydrogens (tertiary/aromatic N) is 2. The van der Waals surface area contributed by atoms with E-state index < -0.39 is 28.8 Å². The summed E-state index contributed by atoms with van der Waals surface area (Å²) in [5.74, 6) is -0.284. The van der Waals surface area contributed by atoms with Crippen molar-refractivity contribution < 1.29 is 17.2 Å². The molecule has 2 aromatic carbocycles. The van der Waals surface area contributed by atoms with Gasteiger partial charge in [-0.1, -0.05) is 44.5 Å². The average molecular weight is 553 g/mol. The zero-order chi connectivity index (χ0) is 27.3. The minimum atomic E-state index is -3.48. The van der Waals surface area contributed by atoms with Gasteiger partial charge in [-0.25, -0.2) is 17.5 Å². The number of fused-ring (bicyclic) bond motifs is 2. The summed E-state index contributed by atoms with van der Waals surface area (Å²) in [6.07, 6.45) is 6.51. The number of benzene rings is 2. The maximum Gasteiger partial charge on any atom is 0.181 e. The molecule has 1 aromatic heterocycles. The molecule has 5 nitrogen and oxygen atoms in total. The lowest BCUT2D eigenvalue weighted by atomic mass is 9.65. The van der Waals surface area contributed by atoms with Gasteiger partial charge >= 0.3 is 0 Å². The maximum atomic E-state index is 13.7. The fraction of sp³-hybridized carbons (Fsp3) is 0.433. The molecule has 2 aliphatic rings. The van der Waals surface area contributed by atoms with Gasteiger partial charge in [-0.15, -0.1) is 18.1 Å². The van der Waals surface area contributed by atoms with Crippen LogP contribution < -0.4 is 0 Å². The summed E-state index contributed by atoms with van der Waals surface area (Å²) >= 11 is 0. The van der Waals surface area contributed by atoms with Gasteiger partial charge in [0.1, 0.15) is 5.82 Å². The van der Waals surface area contributed by atoms with Crippen LogP contribution in [0.4, 0.5) is 4.39 Å². The van der Waals surface area contributed by atoms with Gasteiger partial charge in [-0.3, -0.25) is 0 Å². The first-order chi connectivity index (χ1) is 17.8. The van der Waals surface area contributed by atoms with Crippen molar-refractivity contribution in [3.63, 3.8) is 0 Å². The summed E-state index contributed by atoms with van der Waals surface area (Å²) in [7, 11) is -5.56. The van der Waals surface area contributed by atoms with Gasteiger partial charge in [-0.05, 0) is 82.0 Å². The quantitative estimate of drug-likeness (QED) is 0.309. The molecular formula is C30H37FN2O3SSi-. The standard InChI is InChI=1S/C30H37FN2O3SSi/c1-29(2,3)38(4,5)36-21-30-18-22-20-32-33(25-14-12-24(31)13-15-25)28(22)17-23(30)11-16-27(19-30)37(34,35)26-9-7-6-8-10-26/h6-10,12-15,17,20,27H,11,16,18-19,21H2,1-5H3/q-1/t27-,30-/m1/s1. The molecule has 0 unspecified atom stereocenters. The van der Waals surface area contributed by atoms with E-state index in [-0.39, 0.29) is 10.9 Å². The summed E-state index contributed by atoms with van der Waals surface area (Å²) < 4.78 is 49.7. The number of hydrogen-bond donors (Lipinski definition) is 0. The van der Waals surface area contributed by atoms with Crippen LogP contribution in [0.5, 0.6) is 0 Å². The van der Waals surface area contributed by atoms with Crippen molar-refractivity contribution in [3.05, 3.63) is 83.4 Å². The minimum Gasteiger partial charge on any atom is -0.564 e. The molecule has 0 radical (unpaired) electrons. The Balaban J connectivity index is 1.54. The summed E-state index contributed by atoms with van der Waals surface area (Å²) in [6.45, 7) is 11.7. The van der Waals surface area contributed by atoms with E-state index in [4.69, 9.17) is 4.43 Å². The Kier molecular flexibility index (Phi) is 6.81. The molecule has 1 fully saturated rings. The van der Waals surface area contributed by atoms with E-state index in [0.29, 0.717) is 37.2 Å². The Hall–Kier alpha value is -2.55. The van der Waals surface area contributed by atoms with Crippen LogP contribution >= 0.6 is 0 Å². The lowest BCUT2D eigenvalue weighted by molar-refractivity contribution is 0.135. The Labute approximate surface area is 226 Å². The van der Waals surface area contributed by atoms with Gasteiger partial charge in [0.15, 0.2) is 9.84 Å². The zero-order valence-electron chi connectivity index (χ0n) is 22.9. The SMILES string of the molecule is CC(C)(C)[Si-](C)(C)OC[C@]12Cc3cnn(-c4ccc(F)cc4)c3C=C1CC[C@@H](S(=O)(=O)c1ccccc1)C2. The summed E-state index contributed by atoms with van der Waals surface area (Å²) in [5.41, 5.74) is 3.67. The highest BCUT2D eigenvalue weighted by molar-refractivity contribution is 7.92. The number of aromatic nitrogens is 2. The largest absolute Gasteiger partial charge is 0.564 e. The first kappa shape index (κ1) is 27.0. The van der Waals surface area contributed by atoms with Crippen LogP contribution in [0, 0.1) is 11.2 Å². The van der Waals surface area contributed by atoms with Crippen LogP contribution in [0.3, 0.4) is 0 Å². The predicted octanol–water partition coefficient (Wildman–Crippen LogP) is 6.99. The van der Waals surface area contributed by atoms with Gasteiger partial charge in [0, 0.05) is 12.0 Å². The van der Waals surface area contributed by atoms with Gasteiger partial charge in [0.05, 0.1) is 27.7 Å². The molecule has 1 heterocycles. The van der Waals surface area contributed by atoms with Crippen molar-refractivity contribution in [2.75, 3.05) is 6.61 Å². The van der Waals surface area contributed by atoms with Crippen molar-refractivity contribution in [2.24, 2.45) is 5.41 Å². The zero-order valence-corrected chi connectivity index (χ0v) is 24.7. The van der Waals surface area contributed by atoms with E-state index in [1.54, 1.807) is 36.4 Å². The van der Waals surface area contributed by atoms with Crippen LogP contribution in [-0.2, 0) is 20.7 Å². The lowest BCUT2D eigenvalue weighted by Gasteiger charge is -2.53. The molecule has 0 bridgehead atoms. The van der Waals surface area contributed by atoms with Crippen molar-refractivity contribution in [1.82, 2.24) is 9.78 Å². The third-order valence-corrected chi connectivity index (χ3v) is 15.5. The second-order valence-electron chi connectivity index (χ2n) is 12.3. The molecule has 3 aromatic rings. The third-order valence-electron chi connectivity index (χ3n) is 8.86. The van der Waals surface area contributed by atoms with Crippen LogP contribution in [-0.4, -0.2) is 38.4 Å². The van der Waals surface area contributed by atoms with Crippen LogP contribution in [0.1, 0.15) is 51.3 Å². The van der Waals surface area contributed by atoms with Crippen LogP contribution in [0.25, 0.3) is 11.8 Å². The Morgan fingerprint density at radius 1 is 1.11 bits per heavy atom.